The lowest BCUT2D eigenvalue weighted by molar-refractivity contribution is -0.114. The van der Waals surface area contributed by atoms with E-state index in [9.17, 15) is 4.79 Å². The van der Waals surface area contributed by atoms with Gasteiger partial charge in [-0.05, 0) is 13.1 Å². The Labute approximate surface area is 55.0 Å². The molecule has 4 N–H and O–H groups in total. The van der Waals surface area contributed by atoms with Gasteiger partial charge in [0.05, 0.1) is 0 Å². The summed E-state index contributed by atoms with van der Waals surface area (Å²) < 4.78 is 0. The number of amides is 1. The van der Waals surface area contributed by atoms with E-state index in [1.54, 1.807) is 6.92 Å². The van der Waals surface area contributed by atoms with Crippen LogP contribution in [-0.4, -0.2) is 5.91 Å². The molecule has 0 fully saturated rings. The number of hydrogen-bond acceptors (Lipinski definition) is 2. The smallest absolute Gasteiger partial charge is 0.243 e. The molecule has 9 heavy (non-hydrogen) atoms. The molecule has 0 saturated carbocycles. The Morgan fingerprint density at radius 3 is 1.78 bits per heavy atom. The summed E-state index contributed by atoms with van der Waals surface area (Å²) in [6.45, 7) is 7.99. The van der Waals surface area contributed by atoms with Gasteiger partial charge in [0.15, 0.2) is 0 Å². The molecule has 0 heterocycles. The Morgan fingerprint density at radius 1 is 1.67 bits per heavy atom. The van der Waals surface area contributed by atoms with E-state index in [0.717, 1.165) is 0 Å². The van der Waals surface area contributed by atoms with Gasteiger partial charge in [-0.3, -0.25) is 4.79 Å². The maximum atomic E-state index is 9.82. The van der Waals surface area contributed by atoms with Crippen LogP contribution in [-0.2, 0) is 4.79 Å². The van der Waals surface area contributed by atoms with E-state index in [-0.39, 0.29) is 0 Å². The zero-order chi connectivity index (χ0) is 7.86. The summed E-state index contributed by atoms with van der Waals surface area (Å²) in [4.78, 5) is 9.82. The second kappa shape index (κ2) is 6.75. The lowest BCUT2D eigenvalue weighted by Crippen LogP contribution is -2.10. The van der Waals surface area contributed by atoms with Crippen molar-refractivity contribution in [1.29, 1.82) is 0 Å². The van der Waals surface area contributed by atoms with Crippen molar-refractivity contribution in [1.82, 2.24) is 0 Å². The lowest BCUT2D eigenvalue weighted by Gasteiger charge is -1.81. The maximum absolute atomic E-state index is 9.82. The Bertz CT molecular complexity index is 106. The predicted octanol–water partition coefficient (Wildman–Crippen LogP) is 0.136. The van der Waals surface area contributed by atoms with Crippen LogP contribution in [0.5, 0.6) is 0 Å². The highest BCUT2D eigenvalue weighted by Gasteiger charge is 1.86. The minimum Gasteiger partial charge on any atom is -0.405 e. The first kappa shape index (κ1) is 10.7. The van der Waals surface area contributed by atoms with Crippen molar-refractivity contribution in [2.24, 2.45) is 11.5 Å². The van der Waals surface area contributed by atoms with E-state index in [0.29, 0.717) is 5.57 Å². The fourth-order valence-corrected chi connectivity index (χ4v) is 0. The molecule has 0 spiro atoms. The summed E-state index contributed by atoms with van der Waals surface area (Å²) in [5, 5.41) is 0. The average molecular weight is 128 g/mol. The van der Waals surface area contributed by atoms with Gasteiger partial charge in [0.1, 0.15) is 0 Å². The van der Waals surface area contributed by atoms with Crippen LogP contribution < -0.4 is 11.5 Å². The summed E-state index contributed by atoms with van der Waals surface area (Å²) in [5.74, 6) is -0.435. The van der Waals surface area contributed by atoms with Crippen LogP contribution in [0.1, 0.15) is 6.92 Å². The number of rotatable bonds is 1. The molecule has 0 unspecified atom stereocenters. The molecule has 0 aliphatic rings. The molecule has 0 aliphatic carbocycles. The molecule has 0 rings (SSSR count). The number of carbonyl (C=O) groups excluding carboxylic acids is 1. The van der Waals surface area contributed by atoms with Crippen molar-refractivity contribution in [3.8, 4) is 0 Å². The standard InChI is InChI=1S/C4H7NO.C2H5N/c1-3(2)4(5)6;1-2-3/h1H2,2H3,(H2,5,6);2H,1,3H2. The molecule has 1 amide bonds. The molecule has 3 heteroatoms. The highest BCUT2D eigenvalue weighted by Crippen LogP contribution is 1.78. The number of primary amides is 1. The molecule has 52 valence electrons. The Hall–Kier alpha value is -1.25. The van der Waals surface area contributed by atoms with E-state index in [2.05, 4.69) is 18.9 Å². The first-order valence-corrected chi connectivity index (χ1v) is 2.34. The third kappa shape index (κ3) is 20.1. The minimum atomic E-state index is -0.435. The maximum Gasteiger partial charge on any atom is 0.243 e. The Balaban J connectivity index is 0. The van der Waals surface area contributed by atoms with Gasteiger partial charge >= 0.3 is 0 Å². The average Bonchev–Trinajstić information content (AvgIpc) is 1.68. The van der Waals surface area contributed by atoms with Crippen LogP contribution in [0.15, 0.2) is 24.9 Å². The summed E-state index contributed by atoms with van der Waals surface area (Å²) in [6, 6.07) is 0. The van der Waals surface area contributed by atoms with Crippen LogP contribution in [0, 0.1) is 0 Å². The molecular formula is C6H12N2O. The second-order valence-electron chi connectivity index (χ2n) is 1.38. The van der Waals surface area contributed by atoms with Gasteiger partial charge in [-0.2, -0.15) is 0 Å². The Kier molecular flexibility index (Phi) is 8.01. The molecule has 0 radical (unpaired) electrons. The van der Waals surface area contributed by atoms with Crippen LogP contribution >= 0.6 is 0 Å². The SMILES string of the molecule is C=C(C)C(N)=O.C=CN. The van der Waals surface area contributed by atoms with Crippen molar-refractivity contribution < 1.29 is 4.79 Å². The molecule has 0 atom stereocenters. The predicted molar refractivity (Wildman–Crippen MR) is 38.4 cm³/mol. The molecule has 0 aliphatic heterocycles. The van der Waals surface area contributed by atoms with Gasteiger partial charge in [0.25, 0.3) is 0 Å². The first-order valence-electron chi connectivity index (χ1n) is 2.34. The largest absolute Gasteiger partial charge is 0.405 e. The summed E-state index contributed by atoms with van der Waals surface area (Å²) in [7, 11) is 0. The third-order valence-corrected chi connectivity index (χ3v) is 0.421. The van der Waals surface area contributed by atoms with E-state index < -0.39 is 5.91 Å². The minimum absolute atomic E-state index is 0.398. The van der Waals surface area contributed by atoms with Gasteiger partial charge in [-0.15, -0.1) is 0 Å². The van der Waals surface area contributed by atoms with E-state index in [1.807, 2.05) is 0 Å². The van der Waals surface area contributed by atoms with Gasteiger partial charge in [-0.25, -0.2) is 0 Å². The summed E-state index contributed by atoms with van der Waals surface area (Å²) in [6.07, 6.45) is 1.25. The molecule has 0 bridgehead atoms. The zero-order valence-corrected chi connectivity index (χ0v) is 5.55. The van der Waals surface area contributed by atoms with Crippen molar-refractivity contribution in [3.05, 3.63) is 24.9 Å². The number of nitrogens with two attached hydrogens (primary N) is 2. The van der Waals surface area contributed by atoms with Crippen LogP contribution in [0.3, 0.4) is 0 Å². The molecular weight excluding hydrogens is 116 g/mol. The number of hydrogen-bond donors (Lipinski definition) is 2. The van der Waals surface area contributed by atoms with Gasteiger partial charge in [0.2, 0.25) is 5.91 Å². The number of carbonyl (C=O) groups is 1. The van der Waals surface area contributed by atoms with Crippen molar-refractivity contribution in [2.75, 3.05) is 0 Å². The summed E-state index contributed by atoms with van der Waals surface area (Å²) in [5.41, 5.74) is 9.71. The molecule has 3 nitrogen and oxygen atoms in total. The normalized spacial score (nSPS) is 6.33. The quantitative estimate of drug-likeness (QED) is 0.493. The van der Waals surface area contributed by atoms with Gasteiger partial charge in [0, 0.05) is 5.57 Å². The molecule has 0 aromatic heterocycles. The van der Waals surface area contributed by atoms with E-state index >= 15 is 0 Å². The lowest BCUT2D eigenvalue weighted by atomic mass is 10.3. The highest BCUT2D eigenvalue weighted by molar-refractivity contribution is 5.90. The van der Waals surface area contributed by atoms with Crippen LogP contribution in [0.25, 0.3) is 0 Å². The zero-order valence-electron chi connectivity index (χ0n) is 5.55. The van der Waals surface area contributed by atoms with Crippen molar-refractivity contribution >= 4 is 5.91 Å². The summed E-state index contributed by atoms with van der Waals surface area (Å²) >= 11 is 0. The fraction of sp³-hybridized carbons (Fsp3) is 0.167. The van der Waals surface area contributed by atoms with E-state index in [4.69, 9.17) is 5.73 Å². The molecule has 0 saturated heterocycles. The Morgan fingerprint density at radius 2 is 1.78 bits per heavy atom. The van der Waals surface area contributed by atoms with Crippen molar-refractivity contribution in [3.63, 3.8) is 0 Å². The first-order chi connectivity index (χ1) is 4.06. The fourth-order valence-electron chi connectivity index (χ4n) is 0. The second-order valence-corrected chi connectivity index (χ2v) is 1.38. The van der Waals surface area contributed by atoms with Gasteiger partial charge in [-0.1, -0.05) is 13.2 Å². The topological polar surface area (TPSA) is 69.1 Å². The van der Waals surface area contributed by atoms with Crippen LogP contribution in [0.4, 0.5) is 0 Å². The monoisotopic (exact) mass is 128 g/mol. The van der Waals surface area contributed by atoms with Crippen molar-refractivity contribution in [2.45, 2.75) is 6.92 Å². The van der Waals surface area contributed by atoms with E-state index in [1.165, 1.54) is 6.20 Å². The molecule has 0 aromatic rings. The molecule has 0 aromatic carbocycles. The third-order valence-electron chi connectivity index (χ3n) is 0.421. The van der Waals surface area contributed by atoms with Crippen LogP contribution in [0.2, 0.25) is 0 Å². The highest BCUT2D eigenvalue weighted by atomic mass is 16.1. The van der Waals surface area contributed by atoms with Gasteiger partial charge < -0.3 is 11.5 Å².